The van der Waals surface area contributed by atoms with Gasteiger partial charge in [-0.1, -0.05) is 12.1 Å². The number of methoxy groups -OCH3 is 3. The zero-order chi connectivity index (χ0) is 22.1. The molecule has 9 heteroatoms. The van der Waals surface area contributed by atoms with Crippen LogP contribution < -0.4 is 24.3 Å². The number of benzene rings is 2. The zero-order valence-corrected chi connectivity index (χ0v) is 17.4. The lowest BCUT2D eigenvalue weighted by atomic mass is 10.1. The van der Waals surface area contributed by atoms with Crippen molar-refractivity contribution >= 4 is 6.03 Å². The van der Waals surface area contributed by atoms with Crippen LogP contribution in [0.5, 0.6) is 23.0 Å². The molecule has 0 heterocycles. The summed E-state index contributed by atoms with van der Waals surface area (Å²) in [5.74, 6) is 1.39. The molecule has 0 saturated carbocycles. The lowest BCUT2D eigenvalue weighted by molar-refractivity contribution is -0.0512. The normalized spacial score (nSPS) is 10.5. The van der Waals surface area contributed by atoms with E-state index in [0.29, 0.717) is 30.0 Å². The van der Waals surface area contributed by atoms with Gasteiger partial charge in [-0.05, 0) is 41.8 Å². The number of carbonyl (C=O) groups excluding carboxylic acids is 1. The van der Waals surface area contributed by atoms with E-state index < -0.39 is 6.61 Å². The Hall–Kier alpha value is -3.23. The van der Waals surface area contributed by atoms with Gasteiger partial charge in [0.05, 0.1) is 21.3 Å². The summed E-state index contributed by atoms with van der Waals surface area (Å²) in [4.78, 5) is 13.8. The Morgan fingerprint density at radius 1 is 0.933 bits per heavy atom. The molecule has 164 valence electrons. The number of hydrogen-bond donors (Lipinski definition) is 1. The molecule has 2 aromatic carbocycles. The van der Waals surface area contributed by atoms with Crippen LogP contribution in [0.4, 0.5) is 13.6 Å². The van der Waals surface area contributed by atoms with Gasteiger partial charge in [0.1, 0.15) is 0 Å². The lowest BCUT2D eigenvalue weighted by Gasteiger charge is -2.19. The number of halogens is 2. The monoisotopic (exact) mass is 424 g/mol. The molecule has 0 unspecified atom stereocenters. The minimum atomic E-state index is -2.94. The average Bonchev–Trinajstić information content (AvgIpc) is 2.74. The van der Waals surface area contributed by atoms with E-state index >= 15 is 0 Å². The fourth-order valence-corrected chi connectivity index (χ4v) is 2.83. The fraction of sp³-hybridized carbons (Fsp3) is 0.381. The molecule has 30 heavy (non-hydrogen) atoms. The third kappa shape index (κ3) is 6.40. The number of alkyl halides is 2. The Balaban J connectivity index is 1.89. The molecule has 0 bridgehead atoms. The Kier molecular flexibility index (Phi) is 8.52. The van der Waals surface area contributed by atoms with Gasteiger partial charge < -0.3 is 29.2 Å². The standard InChI is InChI=1S/C21H26F2N2O5/c1-25(13-15-6-8-17(30-20(22)23)19(12-15)29-4)21(26)24-10-9-14-5-7-16(27-2)18(11-14)28-3/h5-8,11-12,20H,9-10,13H2,1-4H3,(H,24,26). The molecule has 2 rings (SSSR count). The summed E-state index contributed by atoms with van der Waals surface area (Å²) in [6, 6.07) is 9.89. The van der Waals surface area contributed by atoms with E-state index in [-0.39, 0.29) is 24.1 Å². The van der Waals surface area contributed by atoms with E-state index in [4.69, 9.17) is 14.2 Å². The van der Waals surface area contributed by atoms with E-state index in [1.165, 1.54) is 18.1 Å². The average molecular weight is 424 g/mol. The van der Waals surface area contributed by atoms with E-state index in [0.717, 1.165) is 5.56 Å². The van der Waals surface area contributed by atoms with Gasteiger partial charge >= 0.3 is 12.6 Å². The number of carbonyl (C=O) groups is 1. The SMILES string of the molecule is COc1ccc(CCNC(=O)N(C)Cc2ccc(OC(F)F)c(OC)c2)cc1OC. The summed E-state index contributed by atoms with van der Waals surface area (Å²) in [5, 5.41) is 2.84. The van der Waals surface area contributed by atoms with Crippen molar-refractivity contribution < 1.29 is 32.5 Å². The van der Waals surface area contributed by atoms with Crippen molar-refractivity contribution in [2.45, 2.75) is 19.6 Å². The second kappa shape index (κ2) is 11.1. The lowest BCUT2D eigenvalue weighted by Crippen LogP contribution is -2.37. The molecule has 0 aliphatic rings. The van der Waals surface area contributed by atoms with Crippen molar-refractivity contribution in [3.63, 3.8) is 0 Å². The largest absolute Gasteiger partial charge is 0.493 e. The number of rotatable bonds is 10. The van der Waals surface area contributed by atoms with Crippen LogP contribution in [-0.4, -0.2) is 52.5 Å². The van der Waals surface area contributed by atoms with Crippen LogP contribution in [0.2, 0.25) is 0 Å². The van der Waals surface area contributed by atoms with Crippen molar-refractivity contribution in [1.82, 2.24) is 10.2 Å². The Labute approximate surface area is 174 Å². The number of amides is 2. The number of nitrogens with one attached hydrogen (secondary N) is 1. The smallest absolute Gasteiger partial charge is 0.387 e. The number of nitrogens with zero attached hydrogens (tertiary/aromatic N) is 1. The minimum Gasteiger partial charge on any atom is -0.493 e. The Bertz CT molecular complexity index is 848. The van der Waals surface area contributed by atoms with Crippen molar-refractivity contribution in [2.24, 2.45) is 0 Å². The third-order valence-corrected chi connectivity index (χ3v) is 4.35. The molecule has 2 amide bonds. The van der Waals surface area contributed by atoms with Crippen molar-refractivity contribution in [3.8, 4) is 23.0 Å². The van der Waals surface area contributed by atoms with Gasteiger partial charge in [0.25, 0.3) is 0 Å². The van der Waals surface area contributed by atoms with Crippen LogP contribution in [0.15, 0.2) is 36.4 Å². The van der Waals surface area contributed by atoms with Gasteiger partial charge in [0, 0.05) is 20.1 Å². The van der Waals surface area contributed by atoms with Crippen molar-refractivity contribution in [2.75, 3.05) is 34.9 Å². The maximum absolute atomic E-state index is 12.4. The minimum absolute atomic E-state index is 0.0572. The molecule has 1 N–H and O–H groups in total. The summed E-state index contributed by atoms with van der Waals surface area (Å²) in [7, 11) is 6.14. The summed E-state index contributed by atoms with van der Waals surface area (Å²) >= 11 is 0. The van der Waals surface area contributed by atoms with E-state index in [1.807, 2.05) is 18.2 Å². The topological polar surface area (TPSA) is 69.3 Å². The number of hydrogen-bond acceptors (Lipinski definition) is 5. The highest BCUT2D eigenvalue weighted by Crippen LogP contribution is 2.30. The van der Waals surface area contributed by atoms with Crippen molar-refractivity contribution in [3.05, 3.63) is 47.5 Å². The van der Waals surface area contributed by atoms with Gasteiger partial charge in [0.2, 0.25) is 0 Å². The van der Waals surface area contributed by atoms with Crippen LogP contribution >= 0.6 is 0 Å². The highest BCUT2D eigenvalue weighted by Gasteiger charge is 2.14. The highest BCUT2D eigenvalue weighted by atomic mass is 19.3. The molecule has 7 nitrogen and oxygen atoms in total. The second-order valence-corrected chi connectivity index (χ2v) is 6.39. The summed E-state index contributed by atoms with van der Waals surface area (Å²) < 4.78 is 44.8. The van der Waals surface area contributed by atoms with Crippen LogP contribution in [0.3, 0.4) is 0 Å². The summed E-state index contributed by atoms with van der Waals surface area (Å²) in [6.07, 6.45) is 0.618. The van der Waals surface area contributed by atoms with E-state index in [9.17, 15) is 13.6 Å². The van der Waals surface area contributed by atoms with Gasteiger partial charge in [-0.3, -0.25) is 0 Å². The molecular formula is C21H26F2N2O5. The molecule has 0 saturated heterocycles. The third-order valence-electron chi connectivity index (χ3n) is 4.35. The van der Waals surface area contributed by atoms with Gasteiger partial charge in [-0.2, -0.15) is 8.78 Å². The van der Waals surface area contributed by atoms with Gasteiger partial charge in [-0.15, -0.1) is 0 Å². The quantitative estimate of drug-likeness (QED) is 0.630. The number of ether oxygens (including phenoxy) is 4. The van der Waals surface area contributed by atoms with Crippen LogP contribution in [0, 0.1) is 0 Å². The molecule has 0 aliphatic carbocycles. The van der Waals surface area contributed by atoms with Crippen molar-refractivity contribution in [1.29, 1.82) is 0 Å². The Morgan fingerprint density at radius 2 is 1.50 bits per heavy atom. The van der Waals surface area contributed by atoms with Gasteiger partial charge in [-0.25, -0.2) is 4.79 Å². The molecule has 0 aromatic heterocycles. The maximum atomic E-state index is 12.4. The second-order valence-electron chi connectivity index (χ2n) is 6.39. The molecule has 0 spiro atoms. The first-order chi connectivity index (χ1) is 14.4. The fourth-order valence-electron chi connectivity index (χ4n) is 2.83. The van der Waals surface area contributed by atoms with Crippen LogP contribution in [-0.2, 0) is 13.0 Å². The number of urea groups is 1. The van der Waals surface area contributed by atoms with Gasteiger partial charge in [0.15, 0.2) is 23.0 Å². The molecule has 0 atom stereocenters. The maximum Gasteiger partial charge on any atom is 0.387 e. The molecule has 0 aliphatic heterocycles. The molecule has 0 fully saturated rings. The predicted molar refractivity (Wildman–Crippen MR) is 108 cm³/mol. The first-order valence-corrected chi connectivity index (χ1v) is 9.19. The van der Waals surface area contributed by atoms with Crippen LogP contribution in [0.25, 0.3) is 0 Å². The summed E-state index contributed by atoms with van der Waals surface area (Å²) in [6.45, 7) is -2.24. The highest BCUT2D eigenvalue weighted by molar-refractivity contribution is 5.73. The summed E-state index contributed by atoms with van der Waals surface area (Å²) in [5.41, 5.74) is 1.71. The first kappa shape index (κ1) is 23.1. The van der Waals surface area contributed by atoms with Crippen LogP contribution in [0.1, 0.15) is 11.1 Å². The van der Waals surface area contributed by atoms with E-state index in [2.05, 4.69) is 10.1 Å². The predicted octanol–water partition coefficient (Wildman–Crippen LogP) is 3.70. The Morgan fingerprint density at radius 3 is 2.13 bits per heavy atom. The first-order valence-electron chi connectivity index (χ1n) is 9.19. The van der Waals surface area contributed by atoms with E-state index in [1.54, 1.807) is 33.4 Å². The zero-order valence-electron chi connectivity index (χ0n) is 17.4. The molecule has 2 aromatic rings. The molecule has 0 radical (unpaired) electrons. The molecular weight excluding hydrogens is 398 g/mol.